The molecule has 0 aliphatic carbocycles. The van der Waals surface area contributed by atoms with Gasteiger partial charge in [0.2, 0.25) is 0 Å². The highest BCUT2D eigenvalue weighted by Gasteiger charge is 2.63. The number of carbonyl (C=O) groups excluding carboxylic acids is 4. The van der Waals surface area contributed by atoms with Gasteiger partial charge in [-0.3, -0.25) is 24.2 Å². The first-order valence-corrected chi connectivity index (χ1v) is 21.2. The molecule has 6 heterocycles. The van der Waals surface area contributed by atoms with Crippen molar-refractivity contribution in [2.24, 2.45) is 23.7 Å². The van der Waals surface area contributed by atoms with Crippen molar-refractivity contribution in [3.8, 4) is 0 Å². The van der Waals surface area contributed by atoms with E-state index >= 15 is 0 Å². The highest BCUT2D eigenvalue weighted by atomic mass is 16.7. The molecule has 2 aromatic rings. The Labute approximate surface area is 348 Å². The summed E-state index contributed by atoms with van der Waals surface area (Å²) in [5.74, 6) is -4.97. The molecule has 2 aromatic heterocycles. The fraction of sp³-hybridized carbons (Fsp3) is 0.727. The second-order valence-corrected chi connectivity index (χ2v) is 18.2. The molecule has 0 aromatic carbocycles. The number of methoxy groups -OCH3 is 1. The summed E-state index contributed by atoms with van der Waals surface area (Å²) in [6.45, 7) is 17.2. The van der Waals surface area contributed by atoms with Crippen LogP contribution in [0, 0.1) is 23.7 Å². The zero-order valence-corrected chi connectivity index (χ0v) is 36.8. The zero-order valence-electron chi connectivity index (χ0n) is 36.8. The minimum atomic E-state index is -1.42. The highest BCUT2D eigenvalue weighted by molar-refractivity contribution is 6.00. The molecule has 15 heteroatoms. The normalized spacial score (nSPS) is 38.7. The lowest BCUT2D eigenvalue weighted by atomic mass is 9.73. The maximum atomic E-state index is 14.9. The average molecular weight is 824 g/mol. The van der Waals surface area contributed by atoms with Crippen LogP contribution < -0.4 is 0 Å². The number of likely N-dealkylation sites (N-methyl/N-ethyl adjacent to an activating group) is 1. The molecule has 0 spiro atoms. The summed E-state index contributed by atoms with van der Waals surface area (Å²) < 4.78 is 31.5. The van der Waals surface area contributed by atoms with E-state index in [1.54, 1.807) is 38.1 Å². The van der Waals surface area contributed by atoms with Gasteiger partial charge in [-0.05, 0) is 91.7 Å². The van der Waals surface area contributed by atoms with Gasteiger partial charge in [-0.15, -0.1) is 0 Å². The highest BCUT2D eigenvalue weighted by Crippen LogP contribution is 2.45. The molecule has 6 rings (SSSR count). The van der Waals surface area contributed by atoms with Gasteiger partial charge < -0.3 is 33.7 Å². The van der Waals surface area contributed by atoms with Gasteiger partial charge in [0.15, 0.2) is 23.3 Å². The van der Waals surface area contributed by atoms with Crippen LogP contribution in [0.3, 0.4) is 0 Å². The minimum absolute atomic E-state index is 0.0150. The molecular weight excluding hydrogens is 759 g/mol. The van der Waals surface area contributed by atoms with Gasteiger partial charge >= 0.3 is 12.1 Å². The zero-order chi connectivity index (χ0) is 43.3. The Kier molecular flexibility index (Phi) is 13.3. The van der Waals surface area contributed by atoms with Crippen molar-refractivity contribution in [1.82, 2.24) is 24.7 Å². The number of ether oxygens (including phenoxy) is 5. The van der Waals surface area contributed by atoms with Crippen LogP contribution in [-0.4, -0.2) is 148 Å². The molecule has 1 N–H and O–H groups in total. The molecule has 14 atom stereocenters. The number of hydrogen-bond acceptors (Lipinski definition) is 14. The molecule has 4 saturated heterocycles. The number of carbonyl (C=O) groups is 4. The summed E-state index contributed by atoms with van der Waals surface area (Å²) in [6, 6.07) is 4.49. The summed E-state index contributed by atoms with van der Waals surface area (Å²) in [7, 11) is 5.25. The maximum absolute atomic E-state index is 14.9. The van der Waals surface area contributed by atoms with E-state index in [2.05, 4.69) is 21.8 Å². The van der Waals surface area contributed by atoms with Crippen LogP contribution in [0.4, 0.5) is 4.79 Å². The third kappa shape index (κ3) is 8.27. The Bertz CT molecular complexity index is 1870. The fourth-order valence-corrected chi connectivity index (χ4v) is 10.3. The van der Waals surface area contributed by atoms with Crippen molar-refractivity contribution in [1.29, 1.82) is 0 Å². The summed E-state index contributed by atoms with van der Waals surface area (Å²) in [4.78, 5) is 72.2. The molecule has 15 nitrogen and oxygen atoms in total. The van der Waals surface area contributed by atoms with Crippen molar-refractivity contribution < 1.29 is 48.0 Å². The van der Waals surface area contributed by atoms with E-state index in [0.29, 0.717) is 25.2 Å². The summed E-state index contributed by atoms with van der Waals surface area (Å²) >= 11 is 0. The number of esters is 1. The van der Waals surface area contributed by atoms with Gasteiger partial charge in [0.05, 0.1) is 29.9 Å². The first kappa shape index (κ1) is 44.9. The van der Waals surface area contributed by atoms with Crippen LogP contribution in [-0.2, 0) is 38.1 Å². The maximum Gasteiger partial charge on any atom is 0.411 e. The van der Waals surface area contributed by atoms with Gasteiger partial charge in [0.1, 0.15) is 23.9 Å². The molecule has 0 radical (unpaired) electrons. The lowest BCUT2D eigenvalue weighted by Crippen LogP contribution is -2.66. The van der Waals surface area contributed by atoms with Gasteiger partial charge in [-0.25, -0.2) is 14.8 Å². The Balaban J connectivity index is 1.33. The second-order valence-electron chi connectivity index (χ2n) is 18.2. The fourth-order valence-electron chi connectivity index (χ4n) is 10.3. The van der Waals surface area contributed by atoms with Crippen molar-refractivity contribution in [2.45, 2.75) is 148 Å². The number of amides is 1. The van der Waals surface area contributed by atoms with Crippen molar-refractivity contribution in [3.63, 3.8) is 0 Å². The SMILES string of the molecule is CC[C@H]1OC(=O)[C@H](C)C(=O)[C@H](C)[C@@H](O[C@@H]2O[C@H](C)C[C@H](N(C)C)[C@H]2O)[C@](C)(OC)C[C@@H](C)C(=O)[C@H](C)C2N(C3CN([C@H](C)c4ccnc5ncccc45)C3)C(=O)O[C@@]21C. The predicted octanol–water partition coefficient (Wildman–Crippen LogP) is 4.58. The predicted molar refractivity (Wildman–Crippen MR) is 218 cm³/mol. The topological polar surface area (TPSA) is 170 Å². The smallest absolute Gasteiger partial charge is 0.411 e. The number of rotatable bonds is 8. The Morgan fingerprint density at radius 3 is 2.32 bits per heavy atom. The third-order valence-electron chi connectivity index (χ3n) is 13.9. The number of ketones is 2. The molecule has 0 bridgehead atoms. The van der Waals surface area contributed by atoms with E-state index in [9.17, 15) is 24.3 Å². The van der Waals surface area contributed by atoms with E-state index in [4.69, 9.17) is 23.7 Å². The summed E-state index contributed by atoms with van der Waals surface area (Å²) in [6.07, 6.45) is -0.601. The summed E-state index contributed by atoms with van der Waals surface area (Å²) in [5, 5.41) is 12.4. The van der Waals surface area contributed by atoms with Crippen molar-refractivity contribution in [2.75, 3.05) is 34.3 Å². The van der Waals surface area contributed by atoms with E-state index in [0.717, 1.165) is 10.9 Å². The number of cyclic esters (lactones) is 1. The van der Waals surface area contributed by atoms with Gasteiger partial charge in [0.25, 0.3) is 0 Å². The molecule has 1 unspecified atom stereocenters. The first-order chi connectivity index (χ1) is 27.8. The molecule has 4 fully saturated rings. The number of aromatic nitrogens is 2. The van der Waals surface area contributed by atoms with Crippen LogP contribution in [0.15, 0.2) is 30.6 Å². The molecular formula is C44H65N5O10. The molecule has 326 valence electrons. The minimum Gasteiger partial charge on any atom is -0.458 e. The lowest BCUT2D eigenvalue weighted by molar-refractivity contribution is -0.295. The number of aliphatic hydroxyl groups excluding tert-OH is 1. The number of fused-ring (bicyclic) bond motifs is 2. The Morgan fingerprint density at radius 1 is 1.00 bits per heavy atom. The largest absolute Gasteiger partial charge is 0.458 e. The number of pyridine rings is 2. The van der Waals surface area contributed by atoms with Crippen LogP contribution in [0.1, 0.15) is 93.2 Å². The molecule has 4 aliphatic heterocycles. The van der Waals surface area contributed by atoms with Crippen LogP contribution in [0.5, 0.6) is 0 Å². The second kappa shape index (κ2) is 17.4. The third-order valence-corrected chi connectivity index (χ3v) is 13.9. The van der Waals surface area contributed by atoms with Gasteiger partial charge in [-0.1, -0.05) is 27.7 Å². The first-order valence-electron chi connectivity index (χ1n) is 21.2. The van der Waals surface area contributed by atoms with E-state index in [1.807, 2.05) is 64.9 Å². The van der Waals surface area contributed by atoms with Crippen molar-refractivity contribution in [3.05, 3.63) is 36.2 Å². The van der Waals surface area contributed by atoms with Gasteiger partial charge in [-0.2, -0.15) is 0 Å². The molecule has 4 aliphatic rings. The van der Waals surface area contributed by atoms with Crippen molar-refractivity contribution >= 4 is 34.7 Å². The monoisotopic (exact) mass is 823 g/mol. The quantitative estimate of drug-likeness (QED) is 0.290. The number of aliphatic hydroxyl groups is 1. The van der Waals surface area contributed by atoms with Crippen LogP contribution in [0.25, 0.3) is 11.0 Å². The molecule has 0 saturated carbocycles. The lowest BCUT2D eigenvalue weighted by Gasteiger charge is -2.50. The van der Waals surface area contributed by atoms with Crippen LogP contribution >= 0.6 is 0 Å². The summed E-state index contributed by atoms with van der Waals surface area (Å²) in [5.41, 5.74) is -0.960. The molecule has 59 heavy (non-hydrogen) atoms. The molecule has 1 amide bonds. The number of nitrogens with zero attached hydrogens (tertiary/aromatic N) is 5. The van der Waals surface area contributed by atoms with E-state index in [-0.39, 0.29) is 42.9 Å². The Hall–Kier alpha value is -3.60. The standard InChI is InChI=1S/C44H65N5O10/c1-13-33-44(9)37(49(42(54)59-44)29-21-48(22-29)28(7)30-16-18-46-39-31(30)15-14-17-45-39)25(4)34(50)23(2)20-43(8,55-12)38(26(5)35(51)27(6)40(53)57-33)58-41-36(52)32(47(10)11)19-24(3)56-41/h14-18,23-29,32-33,36-38,41,52H,13,19-22H2,1-12H3/t23-,24-,25+,26+,27-,28-,32+,33-,36-,37?,38-,41+,43-,44-/m1/s1. The number of Topliss-reactive ketones (excluding diaryl/α,β-unsaturated/α-hetero) is 2. The van der Waals surface area contributed by atoms with E-state index in [1.165, 1.54) is 14.0 Å². The van der Waals surface area contributed by atoms with E-state index < -0.39 is 83.4 Å². The number of likely N-dealkylation sites (tertiary alicyclic amines) is 1. The average Bonchev–Trinajstić information content (AvgIpc) is 3.46. The van der Waals surface area contributed by atoms with Gasteiger partial charge in [0, 0.05) is 67.8 Å². The number of hydrogen-bond donors (Lipinski definition) is 1. The Morgan fingerprint density at radius 2 is 1.68 bits per heavy atom. The van der Waals surface area contributed by atoms with Crippen LogP contribution in [0.2, 0.25) is 0 Å².